The molecule has 3 aliphatic rings. The molecule has 9 nitrogen and oxygen atoms in total. The molecule has 2 aliphatic heterocycles. The normalized spacial score (nSPS) is 21.3. The Labute approximate surface area is 290 Å². The molecule has 3 fully saturated rings. The second-order valence-corrected chi connectivity index (χ2v) is 15.4. The van der Waals surface area contributed by atoms with Crippen LogP contribution in [0.1, 0.15) is 71.3 Å². The van der Waals surface area contributed by atoms with Gasteiger partial charge < -0.3 is 14.2 Å². The molecule has 2 saturated heterocycles. The van der Waals surface area contributed by atoms with Gasteiger partial charge in [0.1, 0.15) is 46.9 Å². The van der Waals surface area contributed by atoms with Crippen molar-refractivity contribution >= 4 is 55.0 Å². The van der Waals surface area contributed by atoms with Gasteiger partial charge in [-0.1, -0.05) is 17.7 Å². The maximum absolute atomic E-state index is 17.0. The average Bonchev–Trinajstić information content (AvgIpc) is 3.81. The van der Waals surface area contributed by atoms with Crippen molar-refractivity contribution in [3.63, 3.8) is 0 Å². The molecule has 258 valence electrons. The summed E-state index contributed by atoms with van der Waals surface area (Å²) in [5.74, 6) is -1.39. The summed E-state index contributed by atoms with van der Waals surface area (Å²) in [4.78, 5) is 23.7. The second-order valence-electron chi connectivity index (χ2n) is 14.0. The Morgan fingerprint density at radius 3 is 2.73 bits per heavy atom. The molecule has 2 aromatic heterocycles. The number of ether oxygens (including phenoxy) is 3. The van der Waals surface area contributed by atoms with Gasteiger partial charge >= 0.3 is 12.1 Å². The highest BCUT2D eigenvalue weighted by Crippen LogP contribution is 2.47. The number of carbonyl (C=O) groups is 1. The molecule has 0 radical (unpaired) electrons. The van der Waals surface area contributed by atoms with Gasteiger partial charge in [0.05, 0.1) is 26.2 Å². The molecular weight excluding hydrogens is 679 g/mol. The van der Waals surface area contributed by atoms with E-state index in [1.54, 1.807) is 20.8 Å². The summed E-state index contributed by atoms with van der Waals surface area (Å²) in [5, 5.41) is 13.0. The number of rotatable bonds is 7. The van der Waals surface area contributed by atoms with E-state index in [9.17, 15) is 14.4 Å². The lowest BCUT2D eigenvalue weighted by Gasteiger charge is -2.30. The van der Waals surface area contributed by atoms with Gasteiger partial charge in [-0.05, 0) is 83.5 Å². The number of alkyl halides is 1. The molecule has 1 N–H and O–H groups in total. The van der Waals surface area contributed by atoms with Crippen LogP contribution in [0.5, 0.6) is 11.9 Å². The quantitative estimate of drug-likeness (QED) is 0.202. The first-order chi connectivity index (χ1) is 23.4. The Morgan fingerprint density at radius 1 is 1.22 bits per heavy atom. The van der Waals surface area contributed by atoms with Crippen molar-refractivity contribution in [1.29, 1.82) is 5.26 Å². The number of fused-ring (bicyclic) bond motifs is 3. The van der Waals surface area contributed by atoms with Crippen molar-refractivity contribution in [1.82, 2.24) is 14.9 Å². The number of nitrogens with zero attached hydrogens (tertiary/aromatic N) is 4. The maximum Gasteiger partial charge on any atom is 0.412 e. The minimum atomic E-state index is -0.951. The number of hydrogen-bond donors (Lipinski definition) is 1. The molecule has 0 bridgehead atoms. The highest BCUT2D eigenvalue weighted by molar-refractivity contribution is 7.23. The molecule has 1 saturated carbocycles. The van der Waals surface area contributed by atoms with Crippen LogP contribution in [0.15, 0.2) is 18.2 Å². The van der Waals surface area contributed by atoms with Gasteiger partial charge in [0.25, 0.3) is 0 Å². The van der Waals surface area contributed by atoms with Crippen LogP contribution in [0.25, 0.3) is 32.1 Å². The first kappa shape index (κ1) is 33.6. The second kappa shape index (κ2) is 12.8. The van der Waals surface area contributed by atoms with E-state index < -0.39 is 35.0 Å². The summed E-state index contributed by atoms with van der Waals surface area (Å²) >= 11 is 7.64. The van der Waals surface area contributed by atoms with E-state index in [2.05, 4.69) is 20.2 Å². The van der Waals surface area contributed by atoms with E-state index in [4.69, 9.17) is 25.8 Å². The molecule has 1 aliphatic carbocycles. The Balaban J connectivity index is 1.34. The van der Waals surface area contributed by atoms with Crippen LogP contribution in [0.3, 0.4) is 0 Å². The van der Waals surface area contributed by atoms with Gasteiger partial charge in [-0.25, -0.2) is 18.0 Å². The van der Waals surface area contributed by atoms with E-state index in [0.29, 0.717) is 13.0 Å². The van der Waals surface area contributed by atoms with Crippen molar-refractivity contribution < 1.29 is 32.2 Å². The summed E-state index contributed by atoms with van der Waals surface area (Å²) in [6, 6.07) is 5.92. The first-order valence-electron chi connectivity index (χ1n) is 16.4. The molecule has 0 spiro atoms. The zero-order valence-corrected chi connectivity index (χ0v) is 28.9. The van der Waals surface area contributed by atoms with Crippen LogP contribution >= 0.6 is 22.9 Å². The predicted octanol–water partition coefficient (Wildman–Crippen LogP) is 8.94. The van der Waals surface area contributed by atoms with Gasteiger partial charge in [0.15, 0.2) is 5.82 Å². The van der Waals surface area contributed by atoms with Crippen molar-refractivity contribution in [2.24, 2.45) is 0 Å². The number of nitriles is 1. The zero-order chi connectivity index (χ0) is 34.7. The van der Waals surface area contributed by atoms with Crippen LogP contribution in [0.4, 0.5) is 23.0 Å². The fourth-order valence-electron chi connectivity index (χ4n) is 7.33. The number of aromatic nitrogens is 2. The summed E-state index contributed by atoms with van der Waals surface area (Å²) in [6.07, 6.45) is 3.74. The minimum Gasteiger partial charge on any atom is -0.474 e. The van der Waals surface area contributed by atoms with E-state index in [1.165, 1.54) is 12.1 Å². The summed E-state index contributed by atoms with van der Waals surface area (Å²) in [5.41, 5.74) is -1.50. The van der Waals surface area contributed by atoms with Gasteiger partial charge in [0, 0.05) is 23.9 Å². The molecule has 1 amide bonds. The van der Waals surface area contributed by atoms with E-state index in [0.717, 1.165) is 62.5 Å². The lowest BCUT2D eigenvalue weighted by Crippen LogP contribution is -2.43. The monoisotopic (exact) mass is 713 g/mol. The fraction of sp³-hybridized carbons (Fsp3) is 0.486. The largest absolute Gasteiger partial charge is 0.474 e. The number of nitrogens with one attached hydrogen (secondary N) is 1. The highest BCUT2D eigenvalue weighted by Gasteiger charge is 2.49. The maximum atomic E-state index is 17.0. The highest BCUT2D eigenvalue weighted by atomic mass is 35.5. The van der Waals surface area contributed by atoms with Gasteiger partial charge in [-0.15, -0.1) is 11.3 Å². The molecule has 0 unspecified atom stereocenters. The predicted molar refractivity (Wildman–Crippen MR) is 181 cm³/mol. The van der Waals surface area contributed by atoms with Crippen LogP contribution in [-0.2, 0) is 4.74 Å². The van der Waals surface area contributed by atoms with Gasteiger partial charge in [0.2, 0.25) is 5.88 Å². The standard InChI is InChI=1S/C35H35ClF3N5O4S/c1-34(2,3)48-33(45)43-31-22(15-40)25-20(9-10-24(38)29(25)49-31)26-23(36)13-21-28(27(26)39)41-32(42-30(21)47-19-7-4-5-8-19)46-17-35-11-6-12-44(35)16-18(37)14-35/h9-10,13,18-19H,4-8,11-12,14,16-17H2,1-3H3,(H,43,45)/t18-,35+/m1/s1. The van der Waals surface area contributed by atoms with E-state index >= 15 is 8.78 Å². The van der Waals surface area contributed by atoms with Crippen LogP contribution in [-0.4, -0.2) is 64.1 Å². The van der Waals surface area contributed by atoms with Crippen molar-refractivity contribution in [2.75, 3.05) is 25.0 Å². The number of benzene rings is 2. The number of hydrogen-bond acceptors (Lipinski definition) is 9. The molecule has 49 heavy (non-hydrogen) atoms. The van der Waals surface area contributed by atoms with Crippen LogP contribution < -0.4 is 14.8 Å². The Morgan fingerprint density at radius 2 is 2.00 bits per heavy atom. The Kier molecular flexibility index (Phi) is 8.78. The third kappa shape index (κ3) is 6.35. The lowest BCUT2D eigenvalue weighted by molar-refractivity contribution is 0.0636. The molecule has 14 heteroatoms. The SMILES string of the molecule is CC(C)(C)OC(=O)Nc1sc2c(F)ccc(-c3c(Cl)cc4c(OC5CCCC5)nc(OC[C@@]56CCCN5C[C@H](F)C6)nc4c3F)c2c1C#N. The Hall–Kier alpha value is -3.86. The number of amides is 1. The summed E-state index contributed by atoms with van der Waals surface area (Å²) < 4.78 is 64.4. The van der Waals surface area contributed by atoms with Crippen molar-refractivity contribution in [3.8, 4) is 29.1 Å². The third-order valence-corrected chi connectivity index (χ3v) is 10.8. The molecule has 4 heterocycles. The smallest absolute Gasteiger partial charge is 0.412 e. The first-order valence-corrected chi connectivity index (χ1v) is 17.6. The molecule has 4 aromatic rings. The molecule has 2 aromatic carbocycles. The summed E-state index contributed by atoms with van der Waals surface area (Å²) in [7, 11) is 0. The van der Waals surface area contributed by atoms with E-state index in [1.807, 2.05) is 6.07 Å². The number of anilines is 1. The van der Waals surface area contributed by atoms with Crippen LogP contribution in [0.2, 0.25) is 5.02 Å². The average molecular weight is 714 g/mol. The van der Waals surface area contributed by atoms with Gasteiger partial charge in [-0.2, -0.15) is 15.2 Å². The number of thiophene rings is 1. The number of carbonyl (C=O) groups excluding carboxylic acids is 1. The molecule has 7 rings (SSSR count). The van der Waals surface area contributed by atoms with Crippen LogP contribution in [0, 0.1) is 23.0 Å². The molecule has 2 atom stereocenters. The fourth-order valence-corrected chi connectivity index (χ4v) is 8.69. The minimum absolute atomic E-state index is 0.0238. The summed E-state index contributed by atoms with van der Waals surface area (Å²) in [6.45, 7) is 6.33. The van der Waals surface area contributed by atoms with E-state index in [-0.39, 0.29) is 72.3 Å². The topological polar surface area (TPSA) is 110 Å². The Bertz CT molecular complexity index is 2010. The lowest BCUT2D eigenvalue weighted by atomic mass is 9.95. The van der Waals surface area contributed by atoms with Crippen molar-refractivity contribution in [2.45, 2.75) is 89.1 Å². The van der Waals surface area contributed by atoms with Gasteiger partial charge in [-0.3, -0.25) is 10.2 Å². The third-order valence-electron chi connectivity index (χ3n) is 9.43. The number of halogens is 4. The molecular formula is C35H35ClF3N5O4S. The van der Waals surface area contributed by atoms with Crippen molar-refractivity contribution in [3.05, 3.63) is 40.4 Å². The zero-order valence-electron chi connectivity index (χ0n) is 27.3.